The van der Waals surface area contributed by atoms with Crippen molar-refractivity contribution in [2.75, 3.05) is 13.7 Å². The molecule has 0 spiro atoms. The average Bonchev–Trinajstić information content (AvgIpc) is 2.96. The second kappa shape index (κ2) is 7.22. The van der Waals surface area contributed by atoms with Crippen LogP contribution in [0.2, 0.25) is 0 Å². The molecule has 2 atom stereocenters. The molecule has 0 radical (unpaired) electrons. The summed E-state index contributed by atoms with van der Waals surface area (Å²) in [6.07, 6.45) is 3.81. The van der Waals surface area contributed by atoms with Gasteiger partial charge in [0.05, 0.1) is 6.04 Å². The van der Waals surface area contributed by atoms with Crippen LogP contribution in [0.5, 0.6) is 0 Å². The van der Waals surface area contributed by atoms with Crippen molar-refractivity contribution < 1.29 is 4.74 Å². The van der Waals surface area contributed by atoms with Crippen LogP contribution in [0.1, 0.15) is 37.4 Å². The zero-order valence-corrected chi connectivity index (χ0v) is 12.4. The summed E-state index contributed by atoms with van der Waals surface area (Å²) in [5.41, 5.74) is 1.16. The molecule has 1 aromatic heterocycles. The predicted octanol–water partition coefficient (Wildman–Crippen LogP) is 2.94. The van der Waals surface area contributed by atoms with E-state index in [1.807, 2.05) is 30.6 Å². The van der Waals surface area contributed by atoms with Crippen molar-refractivity contribution >= 4 is 0 Å². The number of ether oxygens (including phenoxy) is 1. The van der Waals surface area contributed by atoms with Crippen molar-refractivity contribution in [1.29, 1.82) is 0 Å². The fraction of sp³-hybridized carbons (Fsp3) is 0.438. The SMILES string of the molecule is CCNC(c1nccn1CC)C(OC)c1ccccc1. The van der Waals surface area contributed by atoms with Crippen molar-refractivity contribution in [3.63, 3.8) is 0 Å². The second-order valence-corrected chi connectivity index (χ2v) is 4.67. The summed E-state index contributed by atoms with van der Waals surface area (Å²) in [7, 11) is 1.75. The second-order valence-electron chi connectivity index (χ2n) is 4.67. The van der Waals surface area contributed by atoms with Gasteiger partial charge in [-0.15, -0.1) is 0 Å². The minimum atomic E-state index is -0.0520. The van der Waals surface area contributed by atoms with E-state index in [1.165, 1.54) is 0 Å². The summed E-state index contributed by atoms with van der Waals surface area (Å²) in [6.45, 7) is 6.00. The average molecular weight is 273 g/mol. The molecule has 20 heavy (non-hydrogen) atoms. The molecule has 0 saturated heterocycles. The number of nitrogens with one attached hydrogen (secondary N) is 1. The van der Waals surface area contributed by atoms with Crippen LogP contribution in [0.25, 0.3) is 0 Å². The molecule has 108 valence electrons. The van der Waals surface area contributed by atoms with E-state index < -0.39 is 0 Å². The Labute approximate surface area is 120 Å². The summed E-state index contributed by atoms with van der Waals surface area (Å²) in [6, 6.07) is 10.3. The number of imidazole rings is 1. The molecule has 1 aromatic carbocycles. The number of rotatable bonds is 7. The molecule has 0 fully saturated rings. The van der Waals surface area contributed by atoms with Crippen LogP contribution in [0.15, 0.2) is 42.7 Å². The molecule has 0 aliphatic heterocycles. The highest BCUT2D eigenvalue weighted by Crippen LogP contribution is 2.30. The Kier molecular flexibility index (Phi) is 5.32. The molecular formula is C16H23N3O. The van der Waals surface area contributed by atoms with E-state index in [-0.39, 0.29) is 12.1 Å². The zero-order chi connectivity index (χ0) is 14.4. The Morgan fingerprint density at radius 2 is 2.00 bits per heavy atom. The van der Waals surface area contributed by atoms with Crippen molar-refractivity contribution in [2.45, 2.75) is 32.5 Å². The van der Waals surface area contributed by atoms with E-state index in [0.29, 0.717) is 0 Å². The first-order valence-corrected chi connectivity index (χ1v) is 7.13. The Morgan fingerprint density at radius 1 is 1.25 bits per heavy atom. The maximum Gasteiger partial charge on any atom is 0.128 e. The smallest absolute Gasteiger partial charge is 0.128 e. The number of aryl methyl sites for hydroxylation is 1. The van der Waals surface area contributed by atoms with Crippen LogP contribution in [0.3, 0.4) is 0 Å². The highest BCUT2D eigenvalue weighted by atomic mass is 16.5. The molecule has 2 aromatic rings. The summed E-state index contributed by atoms with van der Waals surface area (Å²) in [5, 5.41) is 3.50. The molecule has 0 amide bonds. The van der Waals surface area contributed by atoms with E-state index >= 15 is 0 Å². The summed E-state index contributed by atoms with van der Waals surface area (Å²) in [4.78, 5) is 4.52. The fourth-order valence-corrected chi connectivity index (χ4v) is 2.53. The van der Waals surface area contributed by atoms with Gasteiger partial charge in [-0.05, 0) is 19.0 Å². The third-order valence-corrected chi connectivity index (χ3v) is 3.48. The molecular weight excluding hydrogens is 250 g/mol. The van der Waals surface area contributed by atoms with Gasteiger partial charge in [0.15, 0.2) is 0 Å². The van der Waals surface area contributed by atoms with Gasteiger partial charge >= 0.3 is 0 Å². The van der Waals surface area contributed by atoms with Crippen LogP contribution in [0, 0.1) is 0 Å². The van der Waals surface area contributed by atoms with Gasteiger partial charge in [0.1, 0.15) is 11.9 Å². The molecule has 4 nitrogen and oxygen atoms in total. The van der Waals surface area contributed by atoms with Gasteiger partial charge in [-0.2, -0.15) is 0 Å². The standard InChI is InChI=1S/C16H23N3O/c1-4-17-14(16-18-11-12-19(16)5-2)15(20-3)13-9-7-6-8-10-13/h6-12,14-15,17H,4-5H2,1-3H3. The molecule has 1 N–H and O–H groups in total. The predicted molar refractivity (Wildman–Crippen MR) is 80.5 cm³/mol. The molecule has 1 heterocycles. The first-order valence-electron chi connectivity index (χ1n) is 7.13. The normalized spacial score (nSPS) is 14.2. The van der Waals surface area contributed by atoms with Crippen LogP contribution in [-0.2, 0) is 11.3 Å². The minimum absolute atomic E-state index is 0.0438. The van der Waals surface area contributed by atoms with Crippen molar-refractivity contribution in [3.8, 4) is 0 Å². The third-order valence-electron chi connectivity index (χ3n) is 3.48. The van der Waals surface area contributed by atoms with Crippen LogP contribution in [-0.4, -0.2) is 23.2 Å². The van der Waals surface area contributed by atoms with Crippen molar-refractivity contribution in [3.05, 3.63) is 54.1 Å². The molecule has 0 aliphatic rings. The van der Waals surface area contributed by atoms with E-state index in [0.717, 1.165) is 24.5 Å². The van der Waals surface area contributed by atoms with Gasteiger partial charge in [0, 0.05) is 26.0 Å². The number of hydrogen-bond donors (Lipinski definition) is 1. The Bertz CT molecular complexity index is 509. The molecule has 4 heteroatoms. The van der Waals surface area contributed by atoms with E-state index in [1.54, 1.807) is 7.11 Å². The number of aromatic nitrogens is 2. The summed E-state index contributed by atoms with van der Waals surface area (Å²) >= 11 is 0. The van der Waals surface area contributed by atoms with E-state index in [4.69, 9.17) is 4.74 Å². The molecule has 2 unspecified atom stereocenters. The highest BCUT2D eigenvalue weighted by Gasteiger charge is 2.27. The number of hydrogen-bond acceptors (Lipinski definition) is 3. The topological polar surface area (TPSA) is 39.1 Å². The van der Waals surface area contributed by atoms with Gasteiger partial charge in [-0.3, -0.25) is 0 Å². The van der Waals surface area contributed by atoms with Gasteiger partial charge in [0.25, 0.3) is 0 Å². The van der Waals surface area contributed by atoms with Crippen LogP contribution in [0.4, 0.5) is 0 Å². The molecule has 0 aliphatic carbocycles. The first kappa shape index (κ1) is 14.8. The van der Waals surface area contributed by atoms with Gasteiger partial charge in [0.2, 0.25) is 0 Å². The first-order chi connectivity index (χ1) is 9.81. The highest BCUT2D eigenvalue weighted by molar-refractivity contribution is 5.21. The van der Waals surface area contributed by atoms with Gasteiger partial charge in [-0.1, -0.05) is 37.3 Å². The Balaban J connectivity index is 2.36. The van der Waals surface area contributed by atoms with Crippen molar-refractivity contribution in [2.24, 2.45) is 0 Å². The minimum Gasteiger partial charge on any atom is -0.375 e. The lowest BCUT2D eigenvalue weighted by Gasteiger charge is -2.27. The quantitative estimate of drug-likeness (QED) is 0.843. The molecule has 0 saturated carbocycles. The molecule has 2 rings (SSSR count). The van der Waals surface area contributed by atoms with Crippen LogP contribution < -0.4 is 5.32 Å². The third kappa shape index (κ3) is 3.08. The maximum absolute atomic E-state index is 5.76. The van der Waals surface area contributed by atoms with Gasteiger partial charge in [-0.25, -0.2) is 4.98 Å². The van der Waals surface area contributed by atoms with Crippen molar-refractivity contribution in [1.82, 2.24) is 14.9 Å². The lowest BCUT2D eigenvalue weighted by atomic mass is 10.0. The molecule has 0 bridgehead atoms. The number of benzene rings is 1. The zero-order valence-electron chi connectivity index (χ0n) is 12.4. The van der Waals surface area contributed by atoms with E-state index in [9.17, 15) is 0 Å². The summed E-state index contributed by atoms with van der Waals surface area (Å²) in [5.74, 6) is 1.02. The largest absolute Gasteiger partial charge is 0.375 e. The van der Waals surface area contributed by atoms with Gasteiger partial charge < -0.3 is 14.6 Å². The lowest BCUT2D eigenvalue weighted by molar-refractivity contribution is 0.0641. The Morgan fingerprint density at radius 3 is 2.60 bits per heavy atom. The number of methoxy groups -OCH3 is 1. The fourth-order valence-electron chi connectivity index (χ4n) is 2.53. The van der Waals surface area contributed by atoms with Crippen LogP contribution >= 0.6 is 0 Å². The van der Waals surface area contributed by atoms with E-state index in [2.05, 4.69) is 40.8 Å². The monoisotopic (exact) mass is 273 g/mol. The lowest BCUT2D eigenvalue weighted by Crippen LogP contribution is -2.30. The summed E-state index contributed by atoms with van der Waals surface area (Å²) < 4.78 is 7.91. The maximum atomic E-state index is 5.76. The number of likely N-dealkylation sites (N-methyl/N-ethyl adjacent to an activating group) is 1. The Hall–Kier alpha value is -1.65. The number of nitrogens with zero attached hydrogens (tertiary/aromatic N) is 2.